The number of ether oxygens (including phenoxy) is 3. The number of benzene rings is 2. The number of pyridine rings is 1. The Hall–Kier alpha value is -4.03. The highest BCUT2D eigenvalue weighted by atomic mass is 35.5. The highest BCUT2D eigenvalue weighted by molar-refractivity contribution is 6.32. The lowest BCUT2D eigenvalue weighted by molar-refractivity contribution is -0.145. The minimum atomic E-state index is -1.63. The van der Waals surface area contributed by atoms with Crippen molar-refractivity contribution < 1.29 is 39.4 Å². The average Bonchev–Trinajstić information content (AvgIpc) is 3.15. The van der Waals surface area contributed by atoms with E-state index >= 15 is 0 Å². The first-order valence-electron chi connectivity index (χ1n) is 16.7. The summed E-state index contributed by atoms with van der Waals surface area (Å²) in [6.45, 7) is 3.19. The number of aliphatic hydroxyl groups is 3. The number of nitriles is 1. The highest BCUT2D eigenvalue weighted by Crippen LogP contribution is 2.47. The SMILES string of the molecule is CC(CO)(NCc1cc(Cl)c(OCC2(OCCCNCC(O)CO)C=CC=C(c3ccccc3)C2(C)Cl)cc1OCc1cncc(C#N)c1)C(=O)O. The van der Waals surface area contributed by atoms with Crippen LogP contribution < -0.4 is 20.1 Å². The van der Waals surface area contributed by atoms with Gasteiger partial charge in [0.25, 0.3) is 0 Å². The van der Waals surface area contributed by atoms with E-state index < -0.39 is 34.7 Å². The molecule has 0 bridgehead atoms. The molecule has 0 spiro atoms. The number of carboxylic acids is 1. The third kappa shape index (κ3) is 10.1. The van der Waals surface area contributed by atoms with Gasteiger partial charge in [0, 0.05) is 49.3 Å². The zero-order chi connectivity index (χ0) is 37.8. The van der Waals surface area contributed by atoms with E-state index in [1.807, 2.05) is 55.5 Å². The Bertz CT molecular complexity index is 1770. The van der Waals surface area contributed by atoms with Gasteiger partial charge in [-0.15, -0.1) is 11.6 Å². The third-order valence-corrected chi connectivity index (χ3v) is 9.61. The van der Waals surface area contributed by atoms with Crippen molar-refractivity contribution in [3.05, 3.63) is 106 Å². The predicted molar refractivity (Wildman–Crippen MR) is 197 cm³/mol. The van der Waals surface area contributed by atoms with Gasteiger partial charge in [-0.25, -0.2) is 0 Å². The first-order valence-corrected chi connectivity index (χ1v) is 17.4. The molecule has 1 heterocycles. The van der Waals surface area contributed by atoms with E-state index in [2.05, 4.69) is 21.7 Å². The molecule has 14 heteroatoms. The molecular weight excluding hydrogens is 711 g/mol. The van der Waals surface area contributed by atoms with Gasteiger partial charge in [0.2, 0.25) is 0 Å². The molecule has 52 heavy (non-hydrogen) atoms. The standard InChI is InChI=1S/C38H44Cl2N4O8/c1-36(24-46,35(48)49)44-20-29-15-32(39)34(16-33(29)50-23-27-14-26(17-41)18-43-19-27)51-25-38(52-13-7-12-42-21-30(47)22-45)11-6-10-31(37(38,2)40)28-8-4-3-5-9-28/h3-6,8-11,14-16,18-19,30,42,44-47H,7,12-13,20-25H2,1-2H3,(H,48,49). The van der Waals surface area contributed by atoms with Crippen molar-refractivity contribution in [2.24, 2.45) is 0 Å². The molecule has 2 aromatic carbocycles. The molecule has 0 aliphatic heterocycles. The maximum absolute atomic E-state index is 11.9. The normalized spacial score (nSPS) is 20.0. The van der Waals surface area contributed by atoms with E-state index in [0.29, 0.717) is 35.4 Å². The van der Waals surface area contributed by atoms with Gasteiger partial charge in [0.05, 0.1) is 29.9 Å². The van der Waals surface area contributed by atoms with Gasteiger partial charge < -0.3 is 40.0 Å². The monoisotopic (exact) mass is 754 g/mol. The van der Waals surface area contributed by atoms with Crippen LogP contribution in [-0.4, -0.2) is 93.0 Å². The van der Waals surface area contributed by atoms with Gasteiger partial charge in [-0.2, -0.15) is 5.26 Å². The Balaban J connectivity index is 1.63. The number of aliphatic hydroxyl groups excluding tert-OH is 3. The van der Waals surface area contributed by atoms with Crippen molar-refractivity contribution in [2.75, 3.05) is 39.5 Å². The zero-order valence-corrected chi connectivity index (χ0v) is 30.5. The van der Waals surface area contributed by atoms with Crippen molar-refractivity contribution in [3.8, 4) is 17.6 Å². The number of halogens is 2. The van der Waals surface area contributed by atoms with Gasteiger partial charge in [-0.3, -0.25) is 15.1 Å². The first kappa shape index (κ1) is 40.7. The van der Waals surface area contributed by atoms with E-state index in [1.165, 1.54) is 13.1 Å². The lowest BCUT2D eigenvalue weighted by atomic mass is 9.76. The zero-order valence-electron chi connectivity index (χ0n) is 29.0. The molecule has 1 aromatic heterocycles. The maximum Gasteiger partial charge on any atom is 0.326 e. The Morgan fingerprint density at radius 2 is 1.90 bits per heavy atom. The molecule has 0 amide bonds. The number of carbonyl (C=O) groups is 1. The molecule has 278 valence electrons. The van der Waals surface area contributed by atoms with Gasteiger partial charge >= 0.3 is 5.97 Å². The molecule has 3 aromatic rings. The fourth-order valence-corrected chi connectivity index (χ4v) is 6.03. The largest absolute Gasteiger partial charge is 0.488 e. The van der Waals surface area contributed by atoms with Crippen LogP contribution in [0.1, 0.15) is 42.5 Å². The molecule has 12 nitrogen and oxygen atoms in total. The maximum atomic E-state index is 11.9. The quantitative estimate of drug-likeness (QED) is 0.0714. The van der Waals surface area contributed by atoms with E-state index in [0.717, 1.165) is 11.1 Å². The number of nitrogens with zero attached hydrogens (tertiary/aromatic N) is 2. The van der Waals surface area contributed by atoms with Gasteiger partial charge in [-0.1, -0.05) is 54.1 Å². The van der Waals surface area contributed by atoms with E-state index in [-0.39, 0.29) is 50.3 Å². The van der Waals surface area contributed by atoms with Gasteiger partial charge in [0.15, 0.2) is 0 Å². The summed E-state index contributed by atoms with van der Waals surface area (Å²) in [6.07, 6.45) is 8.39. The van der Waals surface area contributed by atoms with Crippen LogP contribution in [-0.2, 0) is 22.7 Å². The van der Waals surface area contributed by atoms with E-state index in [9.17, 15) is 25.4 Å². The lowest BCUT2D eigenvalue weighted by Crippen LogP contribution is -2.55. The second-order valence-corrected chi connectivity index (χ2v) is 13.9. The number of carboxylic acid groups (broad SMARTS) is 1. The number of aromatic nitrogens is 1. The van der Waals surface area contributed by atoms with Crippen LogP contribution in [0.2, 0.25) is 5.02 Å². The van der Waals surface area contributed by atoms with Crippen LogP contribution in [0.5, 0.6) is 11.5 Å². The Morgan fingerprint density at radius 1 is 1.13 bits per heavy atom. The van der Waals surface area contributed by atoms with Gasteiger partial charge in [0.1, 0.15) is 46.8 Å². The van der Waals surface area contributed by atoms with Crippen molar-refractivity contribution in [3.63, 3.8) is 0 Å². The van der Waals surface area contributed by atoms with Crippen LogP contribution in [0.25, 0.3) is 5.57 Å². The molecule has 0 saturated heterocycles. The summed E-state index contributed by atoms with van der Waals surface area (Å²) in [5.41, 5.74) is 0.372. The molecule has 4 unspecified atom stereocenters. The molecule has 4 rings (SSSR count). The molecule has 4 atom stereocenters. The number of hydrogen-bond acceptors (Lipinski definition) is 11. The Kier molecular flexibility index (Phi) is 14.6. The van der Waals surface area contributed by atoms with Crippen molar-refractivity contribution in [1.29, 1.82) is 5.26 Å². The molecule has 0 radical (unpaired) electrons. The topological polar surface area (TPSA) is 186 Å². The first-order chi connectivity index (χ1) is 24.9. The smallest absolute Gasteiger partial charge is 0.326 e. The van der Waals surface area contributed by atoms with Crippen molar-refractivity contribution in [2.45, 2.75) is 55.5 Å². The minimum absolute atomic E-state index is 0.0247. The number of hydrogen-bond donors (Lipinski definition) is 6. The fraction of sp³-hybridized carbons (Fsp3) is 0.395. The molecule has 0 saturated carbocycles. The molecule has 1 aliphatic carbocycles. The summed E-state index contributed by atoms with van der Waals surface area (Å²) in [6, 6.07) is 16.6. The molecule has 0 fully saturated rings. The highest BCUT2D eigenvalue weighted by Gasteiger charge is 2.51. The summed E-state index contributed by atoms with van der Waals surface area (Å²) in [4.78, 5) is 14.8. The summed E-state index contributed by atoms with van der Waals surface area (Å²) in [5, 5.41) is 53.7. The number of rotatable bonds is 20. The molecule has 6 N–H and O–H groups in total. The Morgan fingerprint density at radius 3 is 2.60 bits per heavy atom. The number of aliphatic carboxylic acids is 1. The second-order valence-electron chi connectivity index (χ2n) is 12.8. The van der Waals surface area contributed by atoms with Crippen molar-refractivity contribution in [1.82, 2.24) is 15.6 Å². The minimum Gasteiger partial charge on any atom is -0.488 e. The second kappa shape index (κ2) is 18.6. The Labute approximate surface area is 313 Å². The fourth-order valence-electron chi connectivity index (χ4n) is 5.44. The number of nitrogens with one attached hydrogen (secondary N) is 2. The predicted octanol–water partition coefficient (Wildman–Crippen LogP) is 4.23. The summed E-state index contributed by atoms with van der Waals surface area (Å²) in [5.74, 6) is -0.684. The number of alkyl halides is 1. The summed E-state index contributed by atoms with van der Waals surface area (Å²) in [7, 11) is 0. The molecular formula is C38H44Cl2N4O8. The average molecular weight is 756 g/mol. The summed E-state index contributed by atoms with van der Waals surface area (Å²) >= 11 is 14.3. The van der Waals surface area contributed by atoms with Crippen molar-refractivity contribution >= 4 is 34.7 Å². The third-order valence-electron chi connectivity index (χ3n) is 8.79. The van der Waals surface area contributed by atoms with Crippen LogP contribution in [0.4, 0.5) is 0 Å². The van der Waals surface area contributed by atoms with Crippen LogP contribution in [0.3, 0.4) is 0 Å². The molecule has 1 aliphatic rings. The van der Waals surface area contributed by atoms with Crippen LogP contribution >= 0.6 is 23.2 Å². The van der Waals surface area contributed by atoms with Gasteiger partial charge in [-0.05, 0) is 56.2 Å². The van der Waals surface area contributed by atoms with Crippen LogP contribution in [0, 0.1) is 11.3 Å². The summed E-state index contributed by atoms with van der Waals surface area (Å²) < 4.78 is 19.2. The van der Waals surface area contributed by atoms with E-state index in [4.69, 9.17) is 42.5 Å². The number of allylic oxidation sites excluding steroid dienone is 2. The van der Waals surface area contributed by atoms with E-state index in [1.54, 1.807) is 24.4 Å². The lowest BCUT2D eigenvalue weighted by Gasteiger charge is -2.45. The van der Waals surface area contributed by atoms with Crippen LogP contribution in [0.15, 0.2) is 79.2 Å².